The van der Waals surface area contributed by atoms with Crippen molar-refractivity contribution in [3.8, 4) is 0 Å². The molecule has 1 heterocycles. The van der Waals surface area contributed by atoms with E-state index >= 15 is 0 Å². The molecule has 1 atom stereocenters. The van der Waals surface area contributed by atoms with Crippen LogP contribution in [0, 0.1) is 0 Å². The molecule has 2 aromatic rings. The first kappa shape index (κ1) is 10.7. The molecule has 4 heteroatoms. The van der Waals surface area contributed by atoms with E-state index in [0.717, 1.165) is 23.0 Å². The number of hydrogen-bond acceptors (Lipinski definition) is 2. The second kappa shape index (κ2) is 3.96. The van der Waals surface area contributed by atoms with Gasteiger partial charge in [-0.2, -0.15) is 5.10 Å². The summed E-state index contributed by atoms with van der Waals surface area (Å²) in [5.41, 5.74) is 1.65. The zero-order chi connectivity index (χ0) is 11.7. The van der Waals surface area contributed by atoms with Crippen LogP contribution in [0.1, 0.15) is 25.3 Å². The molecule has 0 fully saturated rings. The Morgan fingerprint density at radius 2 is 2.31 bits per heavy atom. The van der Waals surface area contributed by atoms with Crippen molar-refractivity contribution in [2.75, 3.05) is 0 Å². The summed E-state index contributed by atoms with van der Waals surface area (Å²) in [5.74, 6) is -1.30. The van der Waals surface area contributed by atoms with Crippen LogP contribution in [0.5, 0.6) is 0 Å². The highest BCUT2D eigenvalue weighted by Crippen LogP contribution is 2.20. The van der Waals surface area contributed by atoms with Gasteiger partial charge in [0, 0.05) is 18.1 Å². The minimum absolute atomic E-state index is 0.490. The van der Waals surface area contributed by atoms with Crippen LogP contribution in [0.25, 0.3) is 10.9 Å². The van der Waals surface area contributed by atoms with Crippen molar-refractivity contribution in [1.29, 1.82) is 0 Å². The number of fused-ring (bicyclic) bond motifs is 1. The Morgan fingerprint density at radius 1 is 1.56 bits per heavy atom. The smallest absolute Gasteiger partial charge is 0.310 e. The summed E-state index contributed by atoms with van der Waals surface area (Å²) >= 11 is 0. The minimum Gasteiger partial charge on any atom is -0.481 e. The predicted octanol–water partition coefficient (Wildman–Crippen LogP) is 2.24. The quantitative estimate of drug-likeness (QED) is 0.859. The van der Waals surface area contributed by atoms with Crippen molar-refractivity contribution in [3.63, 3.8) is 0 Å². The van der Waals surface area contributed by atoms with Crippen molar-refractivity contribution < 1.29 is 9.90 Å². The third-order valence-electron chi connectivity index (χ3n) is 2.77. The summed E-state index contributed by atoms with van der Waals surface area (Å²) in [4.78, 5) is 10.9. The number of benzene rings is 1. The molecule has 1 unspecified atom stereocenters. The van der Waals surface area contributed by atoms with E-state index < -0.39 is 11.9 Å². The number of nitrogens with zero attached hydrogens (tertiary/aromatic N) is 2. The Hall–Kier alpha value is -1.84. The second-order valence-corrected chi connectivity index (χ2v) is 3.86. The van der Waals surface area contributed by atoms with Crippen molar-refractivity contribution in [2.24, 2.45) is 0 Å². The molecule has 1 N–H and O–H groups in total. The number of hydrogen-bond donors (Lipinski definition) is 1. The molecule has 0 aliphatic carbocycles. The number of aromatic nitrogens is 2. The van der Waals surface area contributed by atoms with Gasteiger partial charge >= 0.3 is 5.97 Å². The Morgan fingerprint density at radius 3 is 2.94 bits per heavy atom. The summed E-state index contributed by atoms with van der Waals surface area (Å²) in [6.07, 6.45) is 1.96. The lowest BCUT2D eigenvalue weighted by molar-refractivity contribution is -0.138. The molecule has 0 spiro atoms. The molecule has 0 amide bonds. The SMILES string of the molecule is CCn1cc2ccc(C(C)C(=O)O)cc2n1. The van der Waals surface area contributed by atoms with Gasteiger partial charge in [-0.1, -0.05) is 12.1 Å². The van der Waals surface area contributed by atoms with Gasteiger partial charge in [0.1, 0.15) is 0 Å². The van der Waals surface area contributed by atoms with Gasteiger partial charge in [0.15, 0.2) is 0 Å². The van der Waals surface area contributed by atoms with Crippen LogP contribution in [0.15, 0.2) is 24.4 Å². The van der Waals surface area contributed by atoms with Gasteiger partial charge in [-0.25, -0.2) is 0 Å². The van der Waals surface area contributed by atoms with E-state index in [-0.39, 0.29) is 0 Å². The molecule has 16 heavy (non-hydrogen) atoms. The molecule has 0 saturated heterocycles. The van der Waals surface area contributed by atoms with Crippen LogP contribution < -0.4 is 0 Å². The summed E-state index contributed by atoms with van der Waals surface area (Å²) in [5, 5.41) is 14.3. The highest BCUT2D eigenvalue weighted by molar-refractivity contribution is 5.82. The van der Waals surface area contributed by atoms with Crippen LogP contribution in [0.2, 0.25) is 0 Å². The monoisotopic (exact) mass is 218 g/mol. The van der Waals surface area contributed by atoms with E-state index in [1.54, 1.807) is 6.92 Å². The number of aliphatic carboxylic acids is 1. The first-order chi connectivity index (χ1) is 7.61. The fourth-order valence-electron chi connectivity index (χ4n) is 1.66. The summed E-state index contributed by atoms with van der Waals surface area (Å²) in [6, 6.07) is 5.62. The van der Waals surface area contributed by atoms with Gasteiger partial charge in [-0.3, -0.25) is 9.48 Å². The van der Waals surface area contributed by atoms with Crippen LogP contribution >= 0.6 is 0 Å². The molecular formula is C12H14N2O2. The highest BCUT2D eigenvalue weighted by Gasteiger charge is 2.14. The molecule has 2 rings (SSSR count). The third kappa shape index (κ3) is 1.78. The van der Waals surface area contributed by atoms with Crippen molar-refractivity contribution in [1.82, 2.24) is 9.78 Å². The molecule has 4 nitrogen and oxygen atoms in total. The lowest BCUT2D eigenvalue weighted by Crippen LogP contribution is -2.06. The molecule has 0 bridgehead atoms. The maximum Gasteiger partial charge on any atom is 0.310 e. The standard InChI is InChI=1S/C12H14N2O2/c1-3-14-7-10-5-4-9(6-11(10)13-14)8(2)12(15)16/h4-8H,3H2,1-2H3,(H,15,16). The topological polar surface area (TPSA) is 55.1 Å². The average molecular weight is 218 g/mol. The van der Waals surface area contributed by atoms with E-state index in [2.05, 4.69) is 5.10 Å². The number of carboxylic acid groups (broad SMARTS) is 1. The first-order valence-corrected chi connectivity index (χ1v) is 5.31. The van der Waals surface area contributed by atoms with E-state index in [0.29, 0.717) is 0 Å². The van der Waals surface area contributed by atoms with E-state index in [9.17, 15) is 4.79 Å². The van der Waals surface area contributed by atoms with Gasteiger partial charge < -0.3 is 5.11 Å². The number of aryl methyl sites for hydroxylation is 1. The first-order valence-electron chi connectivity index (χ1n) is 5.31. The molecule has 0 saturated carbocycles. The van der Waals surface area contributed by atoms with Crippen molar-refractivity contribution in [2.45, 2.75) is 26.3 Å². The molecule has 1 aromatic heterocycles. The minimum atomic E-state index is -0.811. The Balaban J connectivity index is 2.46. The zero-order valence-corrected chi connectivity index (χ0v) is 9.34. The van der Waals surface area contributed by atoms with E-state index in [1.165, 1.54) is 0 Å². The fourth-order valence-corrected chi connectivity index (χ4v) is 1.66. The van der Waals surface area contributed by atoms with Crippen molar-refractivity contribution in [3.05, 3.63) is 30.0 Å². The fraction of sp³-hybridized carbons (Fsp3) is 0.333. The number of rotatable bonds is 3. The highest BCUT2D eigenvalue weighted by atomic mass is 16.4. The zero-order valence-electron chi connectivity index (χ0n) is 9.34. The van der Waals surface area contributed by atoms with Gasteiger partial charge in [-0.15, -0.1) is 0 Å². The van der Waals surface area contributed by atoms with Crippen LogP contribution in [-0.4, -0.2) is 20.9 Å². The molecule has 0 radical (unpaired) electrons. The van der Waals surface area contributed by atoms with E-state index in [4.69, 9.17) is 5.11 Å². The van der Waals surface area contributed by atoms with Gasteiger partial charge in [0.25, 0.3) is 0 Å². The lowest BCUT2D eigenvalue weighted by atomic mass is 10.0. The lowest BCUT2D eigenvalue weighted by Gasteiger charge is -2.05. The number of carbonyl (C=O) groups is 1. The van der Waals surface area contributed by atoms with Gasteiger partial charge in [-0.05, 0) is 25.5 Å². The normalized spacial score (nSPS) is 12.9. The number of carboxylic acids is 1. The molecule has 0 aliphatic rings. The van der Waals surface area contributed by atoms with Gasteiger partial charge in [0.2, 0.25) is 0 Å². The van der Waals surface area contributed by atoms with Crippen LogP contribution in [0.4, 0.5) is 0 Å². The Kier molecular flexibility index (Phi) is 2.64. The molecule has 1 aromatic carbocycles. The maximum atomic E-state index is 10.9. The average Bonchev–Trinajstić information content (AvgIpc) is 2.69. The van der Waals surface area contributed by atoms with Crippen LogP contribution in [-0.2, 0) is 11.3 Å². The Labute approximate surface area is 93.5 Å². The van der Waals surface area contributed by atoms with Gasteiger partial charge in [0.05, 0.1) is 11.4 Å². The largest absolute Gasteiger partial charge is 0.481 e. The molecular weight excluding hydrogens is 204 g/mol. The predicted molar refractivity (Wildman–Crippen MR) is 61.5 cm³/mol. The van der Waals surface area contributed by atoms with Crippen LogP contribution in [0.3, 0.4) is 0 Å². The Bertz CT molecular complexity index is 531. The van der Waals surface area contributed by atoms with E-state index in [1.807, 2.05) is 36.0 Å². The maximum absolute atomic E-state index is 10.9. The molecule has 0 aliphatic heterocycles. The summed E-state index contributed by atoms with van der Waals surface area (Å²) in [6.45, 7) is 4.52. The summed E-state index contributed by atoms with van der Waals surface area (Å²) < 4.78 is 1.85. The third-order valence-corrected chi connectivity index (χ3v) is 2.77. The molecule has 84 valence electrons. The van der Waals surface area contributed by atoms with Crippen molar-refractivity contribution >= 4 is 16.9 Å². The second-order valence-electron chi connectivity index (χ2n) is 3.86. The summed E-state index contributed by atoms with van der Waals surface area (Å²) in [7, 11) is 0.